The molecule has 0 aliphatic carbocycles. The fourth-order valence-electron chi connectivity index (χ4n) is 1.66. The number of alkyl halides is 7. The number of hydrogen-bond acceptors (Lipinski definition) is 4. The Hall–Kier alpha value is -0.883. The molecule has 0 aromatic rings. The van der Waals surface area contributed by atoms with E-state index in [4.69, 9.17) is 4.43 Å². The highest BCUT2D eigenvalue weighted by Crippen LogP contribution is 2.46. The van der Waals surface area contributed by atoms with Crippen LogP contribution >= 0.6 is 0 Å². The largest absolute Gasteiger partial charge is 0.464 e. The van der Waals surface area contributed by atoms with Crippen LogP contribution in [-0.4, -0.2) is 52.3 Å². The van der Waals surface area contributed by atoms with Crippen LogP contribution in [0.1, 0.15) is 19.8 Å². The summed E-state index contributed by atoms with van der Waals surface area (Å²) in [7, 11) is -1.97. The second kappa shape index (κ2) is 9.17. The standard InChI is InChI=1S/C13H21F7O4Si/c1-4-6-24-25(2,3)8-5-7-22-10(21)9-23-11(14,12(15,16)17)13(18,19)20/h4-9H2,1-3H3. The van der Waals surface area contributed by atoms with Crippen molar-refractivity contribution in [3.63, 3.8) is 0 Å². The minimum absolute atomic E-state index is 0.245. The summed E-state index contributed by atoms with van der Waals surface area (Å²) in [6, 6.07) is 0.569. The highest BCUT2D eigenvalue weighted by Gasteiger charge is 2.74. The quantitative estimate of drug-likeness (QED) is 0.236. The van der Waals surface area contributed by atoms with Crippen LogP contribution in [0.5, 0.6) is 0 Å². The molecule has 12 heteroatoms. The topological polar surface area (TPSA) is 44.8 Å². The average Bonchev–Trinajstić information content (AvgIpc) is 2.44. The van der Waals surface area contributed by atoms with E-state index in [1.807, 2.05) is 20.0 Å². The van der Waals surface area contributed by atoms with Gasteiger partial charge in [-0.2, -0.15) is 30.7 Å². The van der Waals surface area contributed by atoms with Gasteiger partial charge in [0.15, 0.2) is 8.32 Å². The summed E-state index contributed by atoms with van der Waals surface area (Å²) in [5.74, 6) is -7.45. The second-order valence-electron chi connectivity index (χ2n) is 5.81. The first-order valence-electron chi connectivity index (χ1n) is 7.42. The van der Waals surface area contributed by atoms with Crippen LogP contribution in [0.2, 0.25) is 19.1 Å². The third-order valence-corrected chi connectivity index (χ3v) is 5.54. The van der Waals surface area contributed by atoms with E-state index < -0.39 is 39.1 Å². The van der Waals surface area contributed by atoms with Crippen molar-refractivity contribution < 1.29 is 49.4 Å². The molecule has 0 aliphatic rings. The van der Waals surface area contributed by atoms with Gasteiger partial charge in [0.05, 0.1) is 6.61 Å². The number of carbonyl (C=O) groups is 1. The highest BCUT2D eigenvalue weighted by molar-refractivity contribution is 6.71. The first kappa shape index (κ1) is 24.1. The molecule has 150 valence electrons. The normalized spacial score (nSPS) is 13.8. The molecule has 25 heavy (non-hydrogen) atoms. The minimum Gasteiger partial charge on any atom is -0.464 e. The van der Waals surface area contributed by atoms with Gasteiger partial charge in [-0.25, -0.2) is 4.79 Å². The number of carbonyl (C=O) groups excluding carboxylic acids is 1. The van der Waals surface area contributed by atoms with E-state index in [2.05, 4.69) is 9.47 Å². The highest BCUT2D eigenvalue weighted by atomic mass is 28.4. The molecule has 0 aliphatic heterocycles. The molecule has 4 nitrogen and oxygen atoms in total. The smallest absolute Gasteiger partial charge is 0.458 e. The van der Waals surface area contributed by atoms with Gasteiger partial charge in [0.25, 0.3) is 0 Å². The van der Waals surface area contributed by atoms with Gasteiger partial charge in [-0.3, -0.25) is 0 Å². The van der Waals surface area contributed by atoms with Crippen molar-refractivity contribution in [1.29, 1.82) is 0 Å². The zero-order chi connectivity index (χ0) is 19.9. The zero-order valence-electron chi connectivity index (χ0n) is 14.0. The summed E-state index contributed by atoms with van der Waals surface area (Å²) >= 11 is 0. The Kier molecular flexibility index (Phi) is 8.85. The van der Waals surface area contributed by atoms with Crippen LogP contribution < -0.4 is 0 Å². The van der Waals surface area contributed by atoms with E-state index in [9.17, 15) is 35.5 Å². The first-order chi connectivity index (χ1) is 11.2. The maximum atomic E-state index is 13.1. The van der Waals surface area contributed by atoms with Gasteiger partial charge in [-0.1, -0.05) is 6.92 Å². The van der Waals surface area contributed by atoms with E-state index in [0.29, 0.717) is 19.1 Å². The molecule has 0 fully saturated rings. The molecule has 0 amide bonds. The number of halogens is 7. The molecule has 0 saturated heterocycles. The molecule has 0 spiro atoms. The molecule has 0 radical (unpaired) electrons. The maximum Gasteiger partial charge on any atom is 0.458 e. The summed E-state index contributed by atoms with van der Waals surface area (Å²) in [4.78, 5) is 11.2. The van der Waals surface area contributed by atoms with Gasteiger partial charge < -0.3 is 13.9 Å². The Balaban J connectivity index is 4.35. The molecule has 0 bridgehead atoms. The molecule has 0 N–H and O–H groups in total. The molecule has 0 rings (SSSR count). The molecular formula is C13H21F7O4Si. The Bertz CT molecular complexity index is 410. The van der Waals surface area contributed by atoms with E-state index in [1.54, 1.807) is 0 Å². The van der Waals surface area contributed by atoms with Crippen molar-refractivity contribution >= 4 is 14.3 Å². The second-order valence-corrected chi connectivity index (χ2v) is 10.1. The average molecular weight is 402 g/mol. The van der Waals surface area contributed by atoms with Gasteiger partial charge in [0, 0.05) is 6.61 Å². The van der Waals surface area contributed by atoms with E-state index >= 15 is 0 Å². The van der Waals surface area contributed by atoms with Crippen molar-refractivity contribution in [2.24, 2.45) is 0 Å². The first-order valence-corrected chi connectivity index (χ1v) is 10.5. The number of hydrogen-bond donors (Lipinski definition) is 0. The van der Waals surface area contributed by atoms with E-state index in [1.165, 1.54) is 0 Å². The number of esters is 1. The predicted octanol–water partition coefficient (Wildman–Crippen LogP) is 4.36. The Labute approximate surface area is 141 Å². The monoisotopic (exact) mass is 402 g/mol. The summed E-state index contributed by atoms with van der Waals surface area (Å²) < 4.78 is 99.6. The van der Waals surface area contributed by atoms with Crippen molar-refractivity contribution in [3.8, 4) is 0 Å². The molecule has 0 unspecified atom stereocenters. The summed E-state index contributed by atoms with van der Waals surface area (Å²) in [5, 5.41) is 0. The predicted molar refractivity (Wildman–Crippen MR) is 76.0 cm³/mol. The maximum absolute atomic E-state index is 13.1. The van der Waals surface area contributed by atoms with Crippen LogP contribution in [-0.2, 0) is 18.7 Å². The molecule has 0 aromatic heterocycles. The summed E-state index contributed by atoms with van der Waals surface area (Å²) in [5.41, 5.74) is 0. The van der Waals surface area contributed by atoms with Crippen molar-refractivity contribution in [3.05, 3.63) is 0 Å². The number of ether oxygens (including phenoxy) is 2. The van der Waals surface area contributed by atoms with Gasteiger partial charge >= 0.3 is 24.2 Å². The lowest BCUT2D eigenvalue weighted by molar-refractivity contribution is -0.428. The zero-order valence-corrected chi connectivity index (χ0v) is 15.0. The lowest BCUT2D eigenvalue weighted by Crippen LogP contribution is -2.55. The Morgan fingerprint density at radius 2 is 1.48 bits per heavy atom. The lowest BCUT2D eigenvalue weighted by atomic mass is 10.3. The summed E-state index contributed by atoms with van der Waals surface area (Å²) in [6.07, 6.45) is -11.6. The minimum atomic E-state index is -6.38. The third-order valence-electron chi connectivity index (χ3n) is 3.00. The third kappa shape index (κ3) is 7.90. The van der Waals surface area contributed by atoms with Gasteiger partial charge in [-0.05, 0) is 32.0 Å². The van der Waals surface area contributed by atoms with Crippen LogP contribution in [0.25, 0.3) is 0 Å². The number of rotatable bonds is 10. The summed E-state index contributed by atoms with van der Waals surface area (Å²) in [6.45, 7) is 4.27. The van der Waals surface area contributed by atoms with Crippen molar-refractivity contribution in [2.45, 2.75) is 57.1 Å². The van der Waals surface area contributed by atoms with Crippen molar-refractivity contribution in [1.82, 2.24) is 0 Å². The van der Waals surface area contributed by atoms with Crippen LogP contribution in [0.15, 0.2) is 0 Å². The fourth-order valence-corrected chi connectivity index (χ4v) is 3.56. The fraction of sp³-hybridized carbons (Fsp3) is 0.923. The van der Waals surface area contributed by atoms with Gasteiger partial charge in [0.1, 0.15) is 6.61 Å². The Morgan fingerprint density at radius 1 is 0.960 bits per heavy atom. The molecule has 0 saturated carbocycles. The molecular weight excluding hydrogens is 381 g/mol. The van der Waals surface area contributed by atoms with E-state index in [0.717, 1.165) is 6.42 Å². The van der Waals surface area contributed by atoms with E-state index in [-0.39, 0.29) is 6.61 Å². The van der Waals surface area contributed by atoms with Crippen LogP contribution in [0.4, 0.5) is 30.7 Å². The lowest BCUT2D eigenvalue weighted by Gasteiger charge is -2.29. The molecule has 0 heterocycles. The van der Waals surface area contributed by atoms with Crippen LogP contribution in [0.3, 0.4) is 0 Å². The van der Waals surface area contributed by atoms with Crippen molar-refractivity contribution in [2.75, 3.05) is 19.8 Å². The molecule has 0 aromatic carbocycles. The van der Waals surface area contributed by atoms with Crippen LogP contribution in [0, 0.1) is 0 Å². The SMILES string of the molecule is CCCO[Si](C)(C)CCCOC(=O)COC(F)(C(F)(F)F)C(F)(F)F. The molecule has 0 atom stereocenters. The Morgan fingerprint density at radius 3 is 1.92 bits per heavy atom. The van der Waals surface area contributed by atoms with Gasteiger partial charge in [0.2, 0.25) is 0 Å². The van der Waals surface area contributed by atoms with Gasteiger partial charge in [-0.15, -0.1) is 0 Å².